The Hall–Kier alpha value is -2.30. The van der Waals surface area contributed by atoms with Gasteiger partial charge in [-0.15, -0.1) is 12.4 Å². The van der Waals surface area contributed by atoms with Crippen molar-refractivity contribution in [2.75, 3.05) is 26.2 Å². The van der Waals surface area contributed by atoms with E-state index in [9.17, 15) is 4.79 Å². The van der Waals surface area contributed by atoms with Crippen LogP contribution < -0.4 is 4.74 Å². The molecule has 29 heavy (non-hydrogen) atoms. The second-order valence-corrected chi connectivity index (χ2v) is 7.32. The number of benzene rings is 2. The van der Waals surface area contributed by atoms with Crippen molar-refractivity contribution >= 4 is 24.5 Å². The van der Waals surface area contributed by atoms with Gasteiger partial charge < -0.3 is 9.84 Å². The lowest BCUT2D eigenvalue weighted by Gasteiger charge is -2.28. The SMILES string of the molecule is Cl.O=C(O)C1CCN(C/C=C/c2ccc(OCCCc3ccccc3)cc2)CC1. The maximum absolute atomic E-state index is 11.0. The van der Waals surface area contributed by atoms with Crippen LogP contribution in [-0.4, -0.2) is 42.2 Å². The van der Waals surface area contributed by atoms with E-state index in [2.05, 4.69) is 53.5 Å². The van der Waals surface area contributed by atoms with Crippen molar-refractivity contribution < 1.29 is 14.6 Å². The van der Waals surface area contributed by atoms with Crippen LogP contribution in [0.1, 0.15) is 30.4 Å². The number of aryl methyl sites for hydroxylation is 1. The van der Waals surface area contributed by atoms with E-state index in [-0.39, 0.29) is 18.3 Å². The Balaban J connectivity index is 0.00000300. The highest BCUT2D eigenvalue weighted by atomic mass is 35.5. The van der Waals surface area contributed by atoms with Gasteiger partial charge in [-0.3, -0.25) is 9.69 Å². The van der Waals surface area contributed by atoms with Gasteiger partial charge in [0.1, 0.15) is 5.75 Å². The molecule has 0 unspecified atom stereocenters. The van der Waals surface area contributed by atoms with Crippen LogP contribution in [0.4, 0.5) is 0 Å². The van der Waals surface area contributed by atoms with Crippen molar-refractivity contribution in [1.82, 2.24) is 4.90 Å². The molecular weight excluding hydrogens is 386 g/mol. The summed E-state index contributed by atoms with van der Waals surface area (Å²) < 4.78 is 5.83. The Kier molecular flexibility index (Phi) is 9.75. The number of rotatable bonds is 9. The first-order valence-corrected chi connectivity index (χ1v) is 10.1. The zero-order valence-corrected chi connectivity index (χ0v) is 17.5. The average molecular weight is 416 g/mol. The summed E-state index contributed by atoms with van der Waals surface area (Å²) in [6, 6.07) is 18.6. The quantitative estimate of drug-likeness (QED) is 0.590. The molecule has 0 amide bonds. The van der Waals surface area contributed by atoms with Gasteiger partial charge in [-0.05, 0) is 62.0 Å². The van der Waals surface area contributed by atoms with Gasteiger partial charge in [0.05, 0.1) is 12.5 Å². The third-order valence-electron chi connectivity index (χ3n) is 5.21. The van der Waals surface area contributed by atoms with Crippen molar-refractivity contribution in [3.63, 3.8) is 0 Å². The number of hydrogen-bond donors (Lipinski definition) is 1. The number of halogens is 1. The van der Waals surface area contributed by atoms with Gasteiger partial charge >= 0.3 is 5.97 Å². The lowest BCUT2D eigenvalue weighted by atomic mass is 9.97. The average Bonchev–Trinajstić information content (AvgIpc) is 2.73. The Morgan fingerprint density at radius 1 is 1.07 bits per heavy atom. The van der Waals surface area contributed by atoms with Gasteiger partial charge in [0.2, 0.25) is 0 Å². The molecular formula is C24H30ClNO3. The summed E-state index contributed by atoms with van der Waals surface area (Å²) in [5.41, 5.74) is 2.50. The molecule has 0 aliphatic carbocycles. The molecule has 0 saturated carbocycles. The van der Waals surface area contributed by atoms with Crippen LogP contribution in [0.2, 0.25) is 0 Å². The second kappa shape index (κ2) is 12.3. The maximum atomic E-state index is 11.0. The van der Waals surface area contributed by atoms with Gasteiger partial charge in [-0.2, -0.15) is 0 Å². The van der Waals surface area contributed by atoms with Crippen molar-refractivity contribution in [2.24, 2.45) is 5.92 Å². The molecule has 4 nitrogen and oxygen atoms in total. The number of carboxylic acid groups (broad SMARTS) is 1. The number of piperidine rings is 1. The molecule has 1 heterocycles. The molecule has 0 atom stereocenters. The fourth-order valence-corrected chi connectivity index (χ4v) is 3.49. The molecule has 3 rings (SSSR count). The van der Waals surface area contributed by atoms with Crippen LogP contribution in [-0.2, 0) is 11.2 Å². The number of carboxylic acids is 1. The summed E-state index contributed by atoms with van der Waals surface area (Å²) in [6.07, 6.45) is 7.80. The molecule has 1 saturated heterocycles. The highest BCUT2D eigenvalue weighted by Gasteiger charge is 2.23. The zero-order chi connectivity index (χ0) is 19.6. The molecule has 156 valence electrons. The van der Waals surface area contributed by atoms with Crippen molar-refractivity contribution in [1.29, 1.82) is 0 Å². The van der Waals surface area contributed by atoms with Crippen molar-refractivity contribution in [3.8, 4) is 5.75 Å². The number of ether oxygens (including phenoxy) is 1. The zero-order valence-electron chi connectivity index (χ0n) is 16.7. The van der Waals surface area contributed by atoms with Gasteiger partial charge in [0.25, 0.3) is 0 Å². The molecule has 1 fully saturated rings. The molecule has 0 radical (unpaired) electrons. The molecule has 0 aromatic heterocycles. The van der Waals surface area contributed by atoms with Crippen molar-refractivity contribution in [2.45, 2.75) is 25.7 Å². The van der Waals surface area contributed by atoms with Gasteiger partial charge in [-0.1, -0.05) is 54.6 Å². The minimum Gasteiger partial charge on any atom is -0.494 e. The smallest absolute Gasteiger partial charge is 0.306 e. The van der Waals surface area contributed by atoms with E-state index in [0.29, 0.717) is 0 Å². The number of hydrogen-bond acceptors (Lipinski definition) is 3. The highest BCUT2D eigenvalue weighted by Crippen LogP contribution is 2.18. The van der Waals surface area contributed by atoms with E-state index in [1.165, 1.54) is 5.56 Å². The van der Waals surface area contributed by atoms with Crippen LogP contribution in [0.25, 0.3) is 6.08 Å². The van der Waals surface area contributed by atoms with E-state index in [4.69, 9.17) is 9.84 Å². The molecule has 0 bridgehead atoms. The lowest BCUT2D eigenvalue weighted by Crippen LogP contribution is -2.36. The molecule has 5 heteroatoms. The molecule has 2 aromatic carbocycles. The monoisotopic (exact) mass is 415 g/mol. The molecule has 1 aliphatic rings. The standard InChI is InChI=1S/C24H29NO3.ClH/c26-24(27)22-14-17-25(18-15-22)16-4-8-21-10-12-23(13-11-21)28-19-5-9-20-6-2-1-3-7-20;/h1-4,6-8,10-13,22H,5,9,14-19H2,(H,26,27);1H/b8-4+;. The van der Waals surface area contributed by atoms with Crippen molar-refractivity contribution in [3.05, 3.63) is 71.8 Å². The fourth-order valence-electron chi connectivity index (χ4n) is 3.49. The highest BCUT2D eigenvalue weighted by molar-refractivity contribution is 5.85. The molecule has 2 aromatic rings. The Labute approximate surface area is 179 Å². The largest absolute Gasteiger partial charge is 0.494 e. The maximum Gasteiger partial charge on any atom is 0.306 e. The first kappa shape index (κ1) is 23.0. The van der Waals surface area contributed by atoms with Crippen LogP contribution >= 0.6 is 12.4 Å². The molecule has 0 spiro atoms. The van der Waals surface area contributed by atoms with Crippen LogP contribution in [0, 0.1) is 5.92 Å². The van der Waals surface area contributed by atoms with E-state index < -0.39 is 5.97 Å². The summed E-state index contributed by atoms with van der Waals surface area (Å²) in [6.45, 7) is 3.30. The predicted molar refractivity (Wildman–Crippen MR) is 120 cm³/mol. The number of carbonyl (C=O) groups is 1. The van der Waals surface area contributed by atoms with Gasteiger partial charge in [0.15, 0.2) is 0 Å². The third kappa shape index (κ3) is 7.92. The normalized spacial score (nSPS) is 15.2. The Morgan fingerprint density at radius 2 is 1.76 bits per heavy atom. The second-order valence-electron chi connectivity index (χ2n) is 7.32. The van der Waals surface area contributed by atoms with E-state index in [0.717, 1.165) is 63.2 Å². The number of nitrogens with zero attached hydrogens (tertiary/aromatic N) is 1. The minimum atomic E-state index is -0.655. The third-order valence-corrected chi connectivity index (χ3v) is 5.21. The van der Waals surface area contributed by atoms with Gasteiger partial charge in [0, 0.05) is 6.54 Å². The van der Waals surface area contributed by atoms with E-state index in [1.807, 2.05) is 18.2 Å². The summed E-state index contributed by atoms with van der Waals surface area (Å²) in [5, 5.41) is 9.05. The summed E-state index contributed by atoms with van der Waals surface area (Å²) in [5.74, 6) is 0.0824. The fraction of sp³-hybridized carbons (Fsp3) is 0.375. The van der Waals surface area contributed by atoms with Crippen LogP contribution in [0.15, 0.2) is 60.7 Å². The van der Waals surface area contributed by atoms with E-state index >= 15 is 0 Å². The Morgan fingerprint density at radius 3 is 2.41 bits per heavy atom. The molecule has 1 N–H and O–H groups in total. The summed E-state index contributed by atoms with van der Waals surface area (Å²) >= 11 is 0. The van der Waals surface area contributed by atoms with Crippen LogP contribution in [0.3, 0.4) is 0 Å². The summed E-state index contributed by atoms with van der Waals surface area (Å²) in [7, 11) is 0. The Bertz CT molecular complexity index is 753. The first-order chi connectivity index (χ1) is 13.7. The first-order valence-electron chi connectivity index (χ1n) is 10.1. The minimum absolute atomic E-state index is 0. The molecule has 1 aliphatic heterocycles. The lowest BCUT2D eigenvalue weighted by molar-refractivity contribution is -0.143. The topological polar surface area (TPSA) is 49.8 Å². The van der Waals surface area contributed by atoms with Crippen LogP contribution in [0.5, 0.6) is 5.75 Å². The number of aliphatic carboxylic acids is 1. The summed E-state index contributed by atoms with van der Waals surface area (Å²) in [4.78, 5) is 13.3. The predicted octanol–water partition coefficient (Wildman–Crippen LogP) is 4.93. The number of likely N-dealkylation sites (tertiary alicyclic amines) is 1. The van der Waals surface area contributed by atoms with E-state index in [1.54, 1.807) is 0 Å². The van der Waals surface area contributed by atoms with Gasteiger partial charge in [-0.25, -0.2) is 0 Å².